The van der Waals surface area contributed by atoms with Crippen LogP contribution in [0.3, 0.4) is 0 Å². The van der Waals surface area contributed by atoms with E-state index < -0.39 is 0 Å². The van der Waals surface area contributed by atoms with Gasteiger partial charge in [0.25, 0.3) is 5.91 Å². The van der Waals surface area contributed by atoms with Crippen molar-refractivity contribution < 1.29 is 4.79 Å². The maximum atomic E-state index is 11.7. The highest BCUT2D eigenvalue weighted by Gasteiger charge is 2.20. The third-order valence-electron chi connectivity index (χ3n) is 3.57. The minimum absolute atomic E-state index is 0.0306. The summed E-state index contributed by atoms with van der Waals surface area (Å²) in [4.78, 5) is 16.3. The predicted octanol–water partition coefficient (Wildman–Crippen LogP) is 1.90. The second kappa shape index (κ2) is 8.41. The Morgan fingerprint density at radius 1 is 1.09 bits per heavy atom. The maximum absolute atomic E-state index is 11.7. The van der Waals surface area contributed by atoms with Crippen molar-refractivity contribution >= 4 is 11.9 Å². The molecule has 1 aliphatic carbocycles. The van der Waals surface area contributed by atoms with Crippen LogP contribution in [0.5, 0.6) is 0 Å². The van der Waals surface area contributed by atoms with Gasteiger partial charge in [0, 0.05) is 25.2 Å². The van der Waals surface area contributed by atoms with E-state index in [0.717, 1.165) is 30.5 Å². The first-order valence-corrected chi connectivity index (χ1v) is 8.12. The Balaban J connectivity index is 1.89. The topological polar surface area (TPSA) is 65.5 Å². The van der Waals surface area contributed by atoms with Crippen LogP contribution in [0.2, 0.25) is 0 Å². The van der Waals surface area contributed by atoms with Gasteiger partial charge in [0.1, 0.15) is 0 Å². The fourth-order valence-corrected chi connectivity index (χ4v) is 2.10. The van der Waals surface area contributed by atoms with Crippen LogP contribution in [-0.4, -0.2) is 31.5 Å². The monoisotopic (exact) mass is 302 g/mol. The van der Waals surface area contributed by atoms with E-state index in [2.05, 4.69) is 27.9 Å². The Hall–Kier alpha value is -2.04. The largest absolute Gasteiger partial charge is 0.357 e. The molecule has 2 rings (SSSR count). The number of benzene rings is 1. The van der Waals surface area contributed by atoms with Gasteiger partial charge in [-0.2, -0.15) is 0 Å². The summed E-state index contributed by atoms with van der Waals surface area (Å²) in [6.07, 6.45) is 2.65. The molecular weight excluding hydrogens is 276 g/mol. The minimum Gasteiger partial charge on any atom is -0.357 e. The Kier molecular flexibility index (Phi) is 6.25. The molecule has 0 spiro atoms. The molecule has 0 bridgehead atoms. The first kappa shape index (κ1) is 16.3. The zero-order valence-electron chi connectivity index (χ0n) is 13.5. The lowest BCUT2D eigenvalue weighted by atomic mass is 10.1. The van der Waals surface area contributed by atoms with Gasteiger partial charge in [0.2, 0.25) is 0 Å². The van der Waals surface area contributed by atoms with Gasteiger partial charge in [-0.15, -0.1) is 0 Å². The van der Waals surface area contributed by atoms with Crippen molar-refractivity contribution in [3.05, 3.63) is 35.4 Å². The number of aliphatic imine (C=N–C) groups is 1. The molecule has 3 N–H and O–H groups in total. The molecule has 0 heterocycles. The molecule has 5 nitrogen and oxygen atoms in total. The van der Waals surface area contributed by atoms with E-state index in [9.17, 15) is 4.79 Å². The second-order valence-corrected chi connectivity index (χ2v) is 5.58. The molecule has 1 saturated carbocycles. The summed E-state index contributed by atoms with van der Waals surface area (Å²) in [5, 5.41) is 9.43. The van der Waals surface area contributed by atoms with Crippen molar-refractivity contribution in [2.75, 3.05) is 19.6 Å². The van der Waals surface area contributed by atoms with Crippen LogP contribution in [0.4, 0.5) is 0 Å². The summed E-state index contributed by atoms with van der Waals surface area (Å²) < 4.78 is 0. The summed E-state index contributed by atoms with van der Waals surface area (Å²) in [5.74, 6) is 1.65. The van der Waals surface area contributed by atoms with Crippen LogP contribution in [0.1, 0.15) is 42.6 Å². The van der Waals surface area contributed by atoms with Crippen molar-refractivity contribution in [3.63, 3.8) is 0 Å². The lowest BCUT2D eigenvalue weighted by Crippen LogP contribution is -2.38. The van der Waals surface area contributed by atoms with E-state index in [1.165, 1.54) is 12.8 Å². The van der Waals surface area contributed by atoms with Crippen molar-refractivity contribution in [2.24, 2.45) is 10.9 Å². The predicted molar refractivity (Wildman–Crippen MR) is 90.0 cm³/mol. The Morgan fingerprint density at radius 2 is 1.77 bits per heavy atom. The molecule has 1 amide bonds. The number of hydrogen-bond acceptors (Lipinski definition) is 2. The number of carbonyl (C=O) groups is 1. The third kappa shape index (κ3) is 5.39. The zero-order chi connectivity index (χ0) is 15.8. The number of nitrogens with zero attached hydrogens (tertiary/aromatic N) is 1. The van der Waals surface area contributed by atoms with Crippen LogP contribution >= 0.6 is 0 Å². The number of amides is 1. The molecule has 1 aromatic carbocycles. The van der Waals surface area contributed by atoms with Crippen LogP contribution in [0, 0.1) is 5.92 Å². The normalized spacial score (nSPS) is 14.5. The second-order valence-electron chi connectivity index (χ2n) is 5.58. The van der Waals surface area contributed by atoms with Gasteiger partial charge in [0.05, 0.1) is 6.54 Å². The fraction of sp³-hybridized carbons (Fsp3) is 0.529. The number of rotatable bonds is 7. The molecule has 5 heteroatoms. The van der Waals surface area contributed by atoms with Gasteiger partial charge < -0.3 is 16.0 Å². The summed E-state index contributed by atoms with van der Waals surface area (Å²) >= 11 is 0. The van der Waals surface area contributed by atoms with Gasteiger partial charge in [-0.25, -0.2) is 4.99 Å². The quantitative estimate of drug-likeness (QED) is 0.532. The van der Waals surface area contributed by atoms with Crippen molar-refractivity contribution in [2.45, 2.75) is 33.2 Å². The van der Waals surface area contributed by atoms with Crippen molar-refractivity contribution in [3.8, 4) is 0 Å². The number of nitrogens with one attached hydrogen (secondary N) is 3. The van der Waals surface area contributed by atoms with E-state index in [-0.39, 0.29) is 5.91 Å². The van der Waals surface area contributed by atoms with Crippen molar-refractivity contribution in [1.29, 1.82) is 0 Å². The lowest BCUT2D eigenvalue weighted by Gasteiger charge is -2.10. The Morgan fingerprint density at radius 3 is 2.36 bits per heavy atom. The van der Waals surface area contributed by atoms with Gasteiger partial charge in [-0.05, 0) is 50.3 Å². The molecule has 0 radical (unpaired) electrons. The smallest absolute Gasteiger partial charge is 0.251 e. The third-order valence-corrected chi connectivity index (χ3v) is 3.57. The highest BCUT2D eigenvalue weighted by atomic mass is 16.1. The van der Waals surface area contributed by atoms with E-state index in [1.54, 1.807) is 0 Å². The van der Waals surface area contributed by atoms with E-state index in [0.29, 0.717) is 18.7 Å². The molecule has 1 aliphatic rings. The van der Waals surface area contributed by atoms with E-state index in [1.807, 2.05) is 31.2 Å². The number of carbonyl (C=O) groups excluding carboxylic acids is 1. The lowest BCUT2D eigenvalue weighted by molar-refractivity contribution is 0.0956. The number of guanidine groups is 1. The molecule has 1 fully saturated rings. The highest BCUT2D eigenvalue weighted by molar-refractivity contribution is 5.94. The SMILES string of the molecule is CCNC(=O)c1ccc(CN=C(NCC)NCC2CC2)cc1. The van der Waals surface area contributed by atoms with Crippen molar-refractivity contribution in [1.82, 2.24) is 16.0 Å². The molecule has 0 aromatic heterocycles. The molecule has 0 atom stereocenters. The van der Waals surface area contributed by atoms with Gasteiger partial charge >= 0.3 is 0 Å². The Bertz CT molecular complexity index is 506. The van der Waals surface area contributed by atoms with Gasteiger partial charge in [-0.3, -0.25) is 4.79 Å². The van der Waals surface area contributed by atoms with Crippen LogP contribution in [0.15, 0.2) is 29.3 Å². The molecule has 0 unspecified atom stereocenters. The average molecular weight is 302 g/mol. The summed E-state index contributed by atoms with van der Waals surface area (Å²) in [5.41, 5.74) is 1.78. The molecular formula is C17H26N4O. The summed E-state index contributed by atoms with van der Waals surface area (Å²) in [6, 6.07) is 7.61. The fourth-order valence-electron chi connectivity index (χ4n) is 2.10. The summed E-state index contributed by atoms with van der Waals surface area (Å²) in [7, 11) is 0. The maximum Gasteiger partial charge on any atom is 0.251 e. The first-order valence-electron chi connectivity index (χ1n) is 8.12. The molecule has 1 aromatic rings. The highest BCUT2D eigenvalue weighted by Crippen LogP contribution is 2.27. The van der Waals surface area contributed by atoms with E-state index >= 15 is 0 Å². The Labute approximate surface area is 132 Å². The molecule has 0 aliphatic heterocycles. The van der Waals surface area contributed by atoms with Crippen LogP contribution in [-0.2, 0) is 6.54 Å². The van der Waals surface area contributed by atoms with Gasteiger partial charge in [0.15, 0.2) is 5.96 Å². The molecule has 0 saturated heterocycles. The van der Waals surface area contributed by atoms with E-state index in [4.69, 9.17) is 0 Å². The van der Waals surface area contributed by atoms with Crippen LogP contribution in [0.25, 0.3) is 0 Å². The minimum atomic E-state index is -0.0306. The van der Waals surface area contributed by atoms with Crippen LogP contribution < -0.4 is 16.0 Å². The standard InChI is InChI=1S/C17H26N4O/c1-3-18-16(22)15-9-7-14(8-10-15)12-21-17(19-4-2)20-11-13-5-6-13/h7-10,13H,3-6,11-12H2,1-2H3,(H,18,22)(H2,19,20,21). The zero-order valence-corrected chi connectivity index (χ0v) is 13.5. The first-order chi connectivity index (χ1) is 10.7. The number of hydrogen-bond donors (Lipinski definition) is 3. The summed E-state index contributed by atoms with van der Waals surface area (Å²) in [6.45, 7) is 7.08. The van der Waals surface area contributed by atoms with Gasteiger partial charge in [-0.1, -0.05) is 12.1 Å². The molecule has 22 heavy (non-hydrogen) atoms. The average Bonchev–Trinajstić information content (AvgIpc) is 3.35. The molecule has 120 valence electrons.